The Hall–Kier alpha value is -1.49. The Balaban J connectivity index is 1.94. The van der Waals surface area contributed by atoms with E-state index in [1.807, 2.05) is 0 Å². The standard InChI is InChI=1S/C9H11N3O2/c13-9(7-2-4-14-5-7)12-8-1-3-10-6-11-8/h1,3,6-7H,2,4-5H2,(H,10,11,12,13). The van der Waals surface area contributed by atoms with E-state index in [4.69, 9.17) is 4.74 Å². The van der Waals surface area contributed by atoms with Crippen molar-refractivity contribution in [1.82, 2.24) is 9.97 Å². The van der Waals surface area contributed by atoms with Gasteiger partial charge in [-0.15, -0.1) is 0 Å². The highest BCUT2D eigenvalue weighted by Gasteiger charge is 2.23. The van der Waals surface area contributed by atoms with Crippen molar-refractivity contribution >= 4 is 11.7 Å². The summed E-state index contributed by atoms with van der Waals surface area (Å²) in [6.07, 6.45) is 3.78. The lowest BCUT2D eigenvalue weighted by Crippen LogP contribution is -2.23. The number of aromatic nitrogens is 2. The Kier molecular flexibility index (Phi) is 2.69. The van der Waals surface area contributed by atoms with Crippen molar-refractivity contribution in [3.8, 4) is 0 Å². The Morgan fingerprint density at radius 3 is 3.21 bits per heavy atom. The number of nitrogens with zero attached hydrogens (tertiary/aromatic N) is 2. The molecule has 1 N–H and O–H groups in total. The highest BCUT2D eigenvalue weighted by Crippen LogP contribution is 2.14. The molecule has 0 bridgehead atoms. The van der Waals surface area contributed by atoms with Gasteiger partial charge in [0.15, 0.2) is 0 Å². The number of rotatable bonds is 2. The van der Waals surface area contributed by atoms with Gasteiger partial charge in [-0.1, -0.05) is 0 Å². The molecule has 0 radical (unpaired) electrons. The van der Waals surface area contributed by atoms with E-state index in [2.05, 4.69) is 15.3 Å². The zero-order chi connectivity index (χ0) is 9.80. The van der Waals surface area contributed by atoms with Crippen LogP contribution in [-0.4, -0.2) is 29.1 Å². The molecule has 0 aromatic carbocycles. The van der Waals surface area contributed by atoms with Crippen LogP contribution >= 0.6 is 0 Å². The van der Waals surface area contributed by atoms with E-state index in [1.165, 1.54) is 6.33 Å². The quantitative estimate of drug-likeness (QED) is 0.740. The molecule has 1 amide bonds. The summed E-state index contributed by atoms with van der Waals surface area (Å²) in [6.45, 7) is 1.18. The normalized spacial score (nSPS) is 20.7. The van der Waals surface area contributed by atoms with Crippen molar-refractivity contribution in [2.24, 2.45) is 5.92 Å². The van der Waals surface area contributed by atoms with Crippen LogP contribution in [0, 0.1) is 5.92 Å². The summed E-state index contributed by atoms with van der Waals surface area (Å²) in [6, 6.07) is 1.66. The number of anilines is 1. The number of carbonyl (C=O) groups is 1. The molecule has 5 nitrogen and oxygen atoms in total. The minimum atomic E-state index is -0.0371. The third kappa shape index (κ3) is 2.05. The summed E-state index contributed by atoms with van der Waals surface area (Å²) >= 11 is 0. The fraction of sp³-hybridized carbons (Fsp3) is 0.444. The number of ether oxygens (including phenoxy) is 1. The summed E-state index contributed by atoms with van der Waals surface area (Å²) in [4.78, 5) is 19.2. The van der Waals surface area contributed by atoms with Gasteiger partial charge in [-0.2, -0.15) is 0 Å². The predicted octanol–water partition coefficient (Wildman–Crippen LogP) is 0.452. The van der Waals surface area contributed by atoms with Gasteiger partial charge >= 0.3 is 0 Å². The van der Waals surface area contributed by atoms with E-state index in [0.29, 0.717) is 19.0 Å². The molecule has 1 aromatic rings. The van der Waals surface area contributed by atoms with Crippen molar-refractivity contribution in [3.05, 3.63) is 18.6 Å². The second-order valence-corrected chi connectivity index (χ2v) is 3.14. The summed E-state index contributed by atoms with van der Waals surface area (Å²) in [5.74, 6) is 0.475. The molecule has 1 aliphatic rings. The first-order valence-electron chi connectivity index (χ1n) is 4.51. The van der Waals surface area contributed by atoms with Crippen molar-refractivity contribution in [2.75, 3.05) is 18.5 Å². The van der Waals surface area contributed by atoms with Gasteiger partial charge in [-0.25, -0.2) is 9.97 Å². The molecule has 1 unspecified atom stereocenters. The average Bonchev–Trinajstić information content (AvgIpc) is 2.72. The van der Waals surface area contributed by atoms with Crippen molar-refractivity contribution in [3.63, 3.8) is 0 Å². The van der Waals surface area contributed by atoms with Crippen LogP contribution in [0.4, 0.5) is 5.82 Å². The Labute approximate surface area is 81.5 Å². The van der Waals surface area contributed by atoms with Gasteiger partial charge in [-0.05, 0) is 12.5 Å². The molecule has 0 spiro atoms. The maximum absolute atomic E-state index is 11.6. The number of hydrogen-bond donors (Lipinski definition) is 1. The molecule has 0 aliphatic carbocycles. The fourth-order valence-corrected chi connectivity index (χ4v) is 1.33. The van der Waals surface area contributed by atoms with E-state index < -0.39 is 0 Å². The van der Waals surface area contributed by atoms with Crippen LogP contribution in [-0.2, 0) is 9.53 Å². The van der Waals surface area contributed by atoms with Crippen molar-refractivity contribution in [1.29, 1.82) is 0 Å². The summed E-state index contributed by atoms with van der Waals surface area (Å²) in [5, 5.41) is 2.71. The van der Waals surface area contributed by atoms with E-state index in [9.17, 15) is 4.79 Å². The first-order valence-corrected chi connectivity index (χ1v) is 4.51. The van der Waals surface area contributed by atoms with Gasteiger partial charge in [0.25, 0.3) is 0 Å². The molecule has 74 valence electrons. The molecule has 1 aliphatic heterocycles. The third-order valence-electron chi connectivity index (χ3n) is 2.13. The number of carbonyl (C=O) groups excluding carboxylic acids is 1. The fourth-order valence-electron chi connectivity index (χ4n) is 1.33. The van der Waals surface area contributed by atoms with Crippen LogP contribution in [0.1, 0.15) is 6.42 Å². The highest BCUT2D eigenvalue weighted by molar-refractivity contribution is 5.91. The lowest BCUT2D eigenvalue weighted by atomic mass is 10.1. The molecule has 1 saturated heterocycles. The van der Waals surface area contributed by atoms with E-state index in [1.54, 1.807) is 12.3 Å². The molecular formula is C9H11N3O2. The van der Waals surface area contributed by atoms with Crippen LogP contribution in [0.5, 0.6) is 0 Å². The zero-order valence-corrected chi connectivity index (χ0v) is 7.64. The van der Waals surface area contributed by atoms with Gasteiger partial charge in [0.1, 0.15) is 12.1 Å². The summed E-state index contributed by atoms with van der Waals surface area (Å²) in [7, 11) is 0. The molecule has 0 saturated carbocycles. The highest BCUT2D eigenvalue weighted by atomic mass is 16.5. The summed E-state index contributed by atoms with van der Waals surface area (Å²) < 4.78 is 5.12. The van der Waals surface area contributed by atoms with Crippen LogP contribution in [0.25, 0.3) is 0 Å². The molecule has 2 heterocycles. The second-order valence-electron chi connectivity index (χ2n) is 3.14. The van der Waals surface area contributed by atoms with Crippen LogP contribution in [0.2, 0.25) is 0 Å². The van der Waals surface area contributed by atoms with E-state index in [-0.39, 0.29) is 11.8 Å². The number of nitrogens with one attached hydrogen (secondary N) is 1. The minimum Gasteiger partial charge on any atom is -0.381 e. The lowest BCUT2D eigenvalue weighted by Gasteiger charge is -2.07. The number of hydrogen-bond acceptors (Lipinski definition) is 4. The van der Waals surface area contributed by atoms with Gasteiger partial charge < -0.3 is 10.1 Å². The maximum Gasteiger partial charge on any atom is 0.231 e. The van der Waals surface area contributed by atoms with Crippen LogP contribution < -0.4 is 5.32 Å². The van der Waals surface area contributed by atoms with Crippen LogP contribution in [0.3, 0.4) is 0 Å². The topological polar surface area (TPSA) is 64.1 Å². The SMILES string of the molecule is O=C(Nc1ccncn1)C1CCOC1. The van der Waals surface area contributed by atoms with Crippen molar-refractivity contribution < 1.29 is 9.53 Å². The largest absolute Gasteiger partial charge is 0.381 e. The molecule has 1 aromatic heterocycles. The molecule has 1 fully saturated rings. The van der Waals surface area contributed by atoms with Gasteiger partial charge in [-0.3, -0.25) is 4.79 Å². The predicted molar refractivity (Wildman–Crippen MR) is 49.6 cm³/mol. The van der Waals surface area contributed by atoms with Gasteiger partial charge in [0, 0.05) is 12.8 Å². The van der Waals surface area contributed by atoms with E-state index >= 15 is 0 Å². The first kappa shape index (κ1) is 9.08. The monoisotopic (exact) mass is 193 g/mol. The Morgan fingerprint density at radius 2 is 2.57 bits per heavy atom. The Bertz CT molecular complexity index is 309. The molecular weight excluding hydrogens is 182 g/mol. The smallest absolute Gasteiger partial charge is 0.231 e. The summed E-state index contributed by atoms with van der Waals surface area (Å²) in [5.41, 5.74) is 0. The molecule has 1 atom stereocenters. The lowest BCUT2D eigenvalue weighted by molar-refractivity contribution is -0.119. The maximum atomic E-state index is 11.6. The third-order valence-corrected chi connectivity index (χ3v) is 2.13. The van der Waals surface area contributed by atoms with Crippen molar-refractivity contribution in [2.45, 2.75) is 6.42 Å². The van der Waals surface area contributed by atoms with E-state index in [0.717, 1.165) is 6.42 Å². The minimum absolute atomic E-state index is 0.0267. The van der Waals surface area contributed by atoms with Crippen LogP contribution in [0.15, 0.2) is 18.6 Å². The number of amides is 1. The average molecular weight is 193 g/mol. The second kappa shape index (κ2) is 4.15. The van der Waals surface area contributed by atoms with Gasteiger partial charge in [0.05, 0.1) is 12.5 Å². The van der Waals surface area contributed by atoms with Gasteiger partial charge in [0.2, 0.25) is 5.91 Å². The molecule has 14 heavy (non-hydrogen) atoms. The molecule has 5 heteroatoms. The zero-order valence-electron chi connectivity index (χ0n) is 7.64. The Morgan fingerprint density at radius 1 is 1.64 bits per heavy atom. The first-order chi connectivity index (χ1) is 6.86. The molecule has 2 rings (SSSR count).